The molecule has 0 bridgehead atoms. The zero-order valence-electron chi connectivity index (χ0n) is 15.5. The van der Waals surface area contributed by atoms with E-state index in [4.69, 9.17) is 9.47 Å². The van der Waals surface area contributed by atoms with Crippen LogP contribution in [0.15, 0.2) is 36.5 Å². The molecular formula is C20H19F3N4O2. The summed E-state index contributed by atoms with van der Waals surface area (Å²) in [5.41, 5.74) is 1.96. The highest BCUT2D eigenvalue weighted by Gasteiger charge is 2.31. The van der Waals surface area contributed by atoms with E-state index in [1.165, 1.54) is 6.07 Å². The maximum atomic E-state index is 13.3. The van der Waals surface area contributed by atoms with Gasteiger partial charge in [-0.1, -0.05) is 0 Å². The van der Waals surface area contributed by atoms with Gasteiger partial charge in [-0.3, -0.25) is 4.90 Å². The molecule has 5 rings (SSSR count). The second-order valence-electron chi connectivity index (χ2n) is 7.15. The van der Waals surface area contributed by atoms with E-state index in [-0.39, 0.29) is 6.79 Å². The molecule has 1 aromatic carbocycles. The number of alkyl halides is 3. The maximum absolute atomic E-state index is 13.3. The third-order valence-electron chi connectivity index (χ3n) is 5.27. The molecular weight excluding hydrogens is 385 g/mol. The molecule has 29 heavy (non-hydrogen) atoms. The standard InChI is InChI=1S/C20H19F3N4O2/c21-20(22,23)14-2-4-18-25-19(13-1-3-16-17(9-13)29-12-28-16)15(27(18)10-14)11-26-7-5-24-6-8-26/h1-4,9-10,24H,5-8,11-12H2. The minimum Gasteiger partial charge on any atom is -0.454 e. The summed E-state index contributed by atoms with van der Waals surface area (Å²) in [6, 6.07) is 7.98. The minimum absolute atomic E-state index is 0.159. The fraction of sp³-hybridized carbons (Fsp3) is 0.350. The third kappa shape index (κ3) is 3.40. The van der Waals surface area contributed by atoms with Crippen molar-refractivity contribution in [3.8, 4) is 22.8 Å². The fourth-order valence-corrected chi connectivity index (χ4v) is 3.77. The minimum atomic E-state index is -4.41. The van der Waals surface area contributed by atoms with Gasteiger partial charge in [0.25, 0.3) is 0 Å². The molecule has 0 atom stereocenters. The van der Waals surface area contributed by atoms with E-state index in [1.54, 1.807) is 10.5 Å². The lowest BCUT2D eigenvalue weighted by atomic mass is 10.1. The summed E-state index contributed by atoms with van der Waals surface area (Å²) in [6.07, 6.45) is -3.28. The van der Waals surface area contributed by atoms with Gasteiger partial charge in [0.15, 0.2) is 11.5 Å². The van der Waals surface area contributed by atoms with E-state index in [0.717, 1.165) is 49.7 Å². The number of benzene rings is 1. The van der Waals surface area contributed by atoms with Gasteiger partial charge < -0.3 is 19.2 Å². The molecule has 2 aromatic heterocycles. The zero-order chi connectivity index (χ0) is 20.0. The summed E-state index contributed by atoms with van der Waals surface area (Å²) in [4.78, 5) is 6.87. The van der Waals surface area contributed by atoms with Crippen molar-refractivity contribution in [3.05, 3.63) is 47.8 Å². The van der Waals surface area contributed by atoms with Crippen molar-refractivity contribution in [2.45, 2.75) is 12.7 Å². The van der Waals surface area contributed by atoms with Crippen molar-refractivity contribution in [3.63, 3.8) is 0 Å². The summed E-state index contributed by atoms with van der Waals surface area (Å²) in [5.74, 6) is 1.27. The molecule has 3 aromatic rings. The number of rotatable bonds is 3. The normalized spacial score (nSPS) is 17.2. The lowest BCUT2D eigenvalue weighted by Gasteiger charge is -2.27. The Hall–Kier alpha value is -2.78. The average molecular weight is 404 g/mol. The van der Waals surface area contributed by atoms with Gasteiger partial charge in [-0.15, -0.1) is 0 Å². The number of halogens is 3. The van der Waals surface area contributed by atoms with Gasteiger partial charge in [0.05, 0.1) is 17.0 Å². The first-order chi connectivity index (χ1) is 14.0. The van der Waals surface area contributed by atoms with Gasteiger partial charge in [-0.2, -0.15) is 13.2 Å². The molecule has 0 radical (unpaired) electrons. The second-order valence-corrected chi connectivity index (χ2v) is 7.15. The molecule has 1 N–H and O–H groups in total. The summed E-state index contributed by atoms with van der Waals surface area (Å²) < 4.78 is 52.3. The molecule has 4 heterocycles. The van der Waals surface area contributed by atoms with Crippen LogP contribution in [0.25, 0.3) is 16.9 Å². The van der Waals surface area contributed by atoms with Crippen LogP contribution in [0, 0.1) is 0 Å². The average Bonchev–Trinajstić information content (AvgIpc) is 3.32. The number of pyridine rings is 1. The van der Waals surface area contributed by atoms with Crippen molar-refractivity contribution in [2.24, 2.45) is 0 Å². The van der Waals surface area contributed by atoms with Crippen LogP contribution in [0.2, 0.25) is 0 Å². The summed E-state index contributed by atoms with van der Waals surface area (Å²) in [7, 11) is 0. The van der Waals surface area contributed by atoms with Gasteiger partial charge in [0.1, 0.15) is 5.65 Å². The van der Waals surface area contributed by atoms with Gasteiger partial charge in [-0.25, -0.2) is 4.98 Å². The Morgan fingerprint density at radius 3 is 2.62 bits per heavy atom. The van der Waals surface area contributed by atoms with Crippen LogP contribution in [-0.2, 0) is 12.7 Å². The van der Waals surface area contributed by atoms with Crippen LogP contribution < -0.4 is 14.8 Å². The monoisotopic (exact) mass is 404 g/mol. The number of piperazine rings is 1. The van der Waals surface area contributed by atoms with E-state index in [9.17, 15) is 13.2 Å². The number of aromatic nitrogens is 2. The molecule has 2 aliphatic heterocycles. The Morgan fingerprint density at radius 1 is 1.03 bits per heavy atom. The Labute approximate surface area is 164 Å². The Balaban J connectivity index is 1.64. The number of nitrogens with one attached hydrogen (secondary N) is 1. The largest absolute Gasteiger partial charge is 0.454 e. The Morgan fingerprint density at radius 2 is 1.83 bits per heavy atom. The van der Waals surface area contributed by atoms with Crippen LogP contribution in [0.5, 0.6) is 11.5 Å². The topological polar surface area (TPSA) is 51.0 Å². The van der Waals surface area contributed by atoms with Crippen LogP contribution in [0.1, 0.15) is 11.3 Å². The maximum Gasteiger partial charge on any atom is 0.417 e. The number of imidazole rings is 1. The quantitative estimate of drug-likeness (QED) is 0.727. The van der Waals surface area contributed by atoms with Crippen LogP contribution in [-0.4, -0.2) is 47.3 Å². The first-order valence-electron chi connectivity index (χ1n) is 9.40. The predicted molar refractivity (Wildman–Crippen MR) is 99.9 cm³/mol. The predicted octanol–water partition coefficient (Wildman–Crippen LogP) is 3.15. The van der Waals surface area contributed by atoms with Crippen LogP contribution >= 0.6 is 0 Å². The second kappa shape index (κ2) is 6.93. The highest BCUT2D eigenvalue weighted by Crippen LogP contribution is 2.37. The van der Waals surface area contributed by atoms with Gasteiger partial charge in [-0.05, 0) is 30.3 Å². The van der Waals surface area contributed by atoms with E-state index in [0.29, 0.717) is 29.4 Å². The van der Waals surface area contributed by atoms with Crippen LogP contribution in [0.3, 0.4) is 0 Å². The molecule has 0 unspecified atom stereocenters. The highest BCUT2D eigenvalue weighted by atomic mass is 19.4. The summed E-state index contributed by atoms with van der Waals surface area (Å²) in [6.45, 7) is 4.02. The van der Waals surface area contributed by atoms with E-state index in [1.807, 2.05) is 12.1 Å². The van der Waals surface area contributed by atoms with Crippen molar-refractivity contribution in [2.75, 3.05) is 33.0 Å². The molecule has 6 nitrogen and oxygen atoms in total. The van der Waals surface area contributed by atoms with E-state index < -0.39 is 11.7 Å². The molecule has 1 saturated heterocycles. The van der Waals surface area contributed by atoms with Crippen molar-refractivity contribution in [1.29, 1.82) is 0 Å². The van der Waals surface area contributed by atoms with E-state index >= 15 is 0 Å². The lowest BCUT2D eigenvalue weighted by Crippen LogP contribution is -2.43. The first kappa shape index (κ1) is 18.3. The number of hydrogen-bond acceptors (Lipinski definition) is 5. The van der Waals surface area contributed by atoms with Gasteiger partial charge in [0.2, 0.25) is 6.79 Å². The first-order valence-corrected chi connectivity index (χ1v) is 9.40. The smallest absolute Gasteiger partial charge is 0.417 e. The van der Waals surface area contributed by atoms with Crippen molar-refractivity contribution >= 4 is 5.65 Å². The van der Waals surface area contributed by atoms with Crippen LogP contribution in [0.4, 0.5) is 13.2 Å². The molecule has 2 aliphatic rings. The molecule has 0 saturated carbocycles. The molecule has 0 amide bonds. The van der Waals surface area contributed by atoms with Crippen molar-refractivity contribution < 1.29 is 22.6 Å². The van der Waals surface area contributed by atoms with Gasteiger partial charge >= 0.3 is 6.18 Å². The molecule has 0 aliphatic carbocycles. The number of nitrogens with zero attached hydrogens (tertiary/aromatic N) is 3. The summed E-state index contributed by atoms with van der Waals surface area (Å²) >= 11 is 0. The Bertz CT molecular complexity index is 1060. The molecule has 1 fully saturated rings. The molecule has 152 valence electrons. The molecule has 9 heteroatoms. The zero-order valence-corrected chi connectivity index (χ0v) is 15.5. The molecule has 0 spiro atoms. The fourth-order valence-electron chi connectivity index (χ4n) is 3.77. The Kier molecular flexibility index (Phi) is 4.36. The lowest BCUT2D eigenvalue weighted by molar-refractivity contribution is -0.137. The van der Waals surface area contributed by atoms with E-state index in [2.05, 4.69) is 15.2 Å². The summed E-state index contributed by atoms with van der Waals surface area (Å²) in [5, 5.41) is 3.29. The van der Waals surface area contributed by atoms with Crippen molar-refractivity contribution in [1.82, 2.24) is 19.6 Å². The third-order valence-corrected chi connectivity index (χ3v) is 5.27. The highest BCUT2D eigenvalue weighted by molar-refractivity contribution is 5.70. The SMILES string of the molecule is FC(F)(F)c1ccc2nc(-c3ccc4c(c3)OCO4)c(CN3CCNCC3)n2c1. The van der Waals surface area contributed by atoms with Gasteiger partial charge in [0, 0.05) is 44.5 Å². The number of hydrogen-bond donors (Lipinski definition) is 1. The number of fused-ring (bicyclic) bond motifs is 2. The number of ether oxygens (including phenoxy) is 2.